The number of fused-ring (bicyclic) bond motifs is 3. The molecule has 0 saturated heterocycles. The molecule has 1 heterocycles. The predicted molar refractivity (Wildman–Crippen MR) is 117 cm³/mol. The Balaban J connectivity index is 1.40. The molecule has 4 rings (SSSR count). The molecule has 0 aliphatic heterocycles. The van der Waals surface area contributed by atoms with E-state index in [4.69, 9.17) is 4.74 Å². The van der Waals surface area contributed by atoms with Gasteiger partial charge in [-0.3, -0.25) is 4.98 Å². The number of hydrogen-bond acceptors (Lipinski definition) is 4. The Bertz CT molecular complexity index is 1170. The highest BCUT2D eigenvalue weighted by Crippen LogP contribution is 2.44. The van der Waals surface area contributed by atoms with E-state index < -0.39 is 29.8 Å². The molecule has 176 valence electrons. The highest BCUT2D eigenvalue weighted by molar-refractivity contribution is 5.81. The van der Waals surface area contributed by atoms with E-state index in [1.165, 1.54) is 0 Å². The second-order valence-electron chi connectivity index (χ2n) is 7.93. The molecule has 0 spiro atoms. The Morgan fingerprint density at radius 3 is 2.24 bits per heavy atom. The lowest BCUT2D eigenvalue weighted by Crippen LogP contribution is -2.41. The van der Waals surface area contributed by atoms with Crippen LogP contribution in [0.1, 0.15) is 34.6 Å². The normalized spacial score (nSPS) is 13.6. The summed E-state index contributed by atoms with van der Waals surface area (Å²) in [6.07, 6.45) is -3.95. The number of aromatic nitrogens is 1. The molecule has 34 heavy (non-hydrogen) atoms. The number of benzene rings is 2. The third-order valence-electron chi connectivity index (χ3n) is 5.85. The van der Waals surface area contributed by atoms with Gasteiger partial charge in [-0.2, -0.15) is 13.2 Å². The molecule has 9 heteroatoms. The molecule has 1 unspecified atom stereocenters. The highest BCUT2D eigenvalue weighted by Gasteiger charge is 2.34. The number of amides is 1. The average molecular weight is 470 g/mol. The van der Waals surface area contributed by atoms with Crippen molar-refractivity contribution in [2.45, 2.75) is 31.0 Å². The molecule has 0 bridgehead atoms. The summed E-state index contributed by atoms with van der Waals surface area (Å²) >= 11 is 0. The largest absolute Gasteiger partial charge is 0.480 e. The van der Waals surface area contributed by atoms with E-state index in [9.17, 15) is 27.9 Å². The van der Waals surface area contributed by atoms with Gasteiger partial charge >= 0.3 is 18.2 Å². The number of hydrogen-bond donors (Lipinski definition) is 2. The number of nitrogens with zero attached hydrogens (tertiary/aromatic N) is 1. The molecular weight excluding hydrogens is 449 g/mol. The first kappa shape index (κ1) is 23.3. The lowest BCUT2D eigenvalue weighted by molar-refractivity contribution is -0.139. The minimum absolute atomic E-state index is 0.00692. The van der Waals surface area contributed by atoms with E-state index in [1.54, 1.807) is 0 Å². The van der Waals surface area contributed by atoms with Crippen LogP contribution < -0.4 is 5.32 Å². The van der Waals surface area contributed by atoms with E-state index in [0.29, 0.717) is 0 Å². The molecule has 0 saturated carbocycles. The lowest BCUT2D eigenvalue weighted by atomic mass is 9.98. The van der Waals surface area contributed by atoms with Crippen LogP contribution in [0.25, 0.3) is 11.1 Å². The van der Waals surface area contributed by atoms with Gasteiger partial charge in [-0.05, 0) is 46.7 Å². The van der Waals surface area contributed by atoms with Crippen molar-refractivity contribution >= 4 is 12.1 Å². The van der Waals surface area contributed by atoms with Crippen LogP contribution in [-0.2, 0) is 22.1 Å². The maximum absolute atomic E-state index is 13.2. The zero-order valence-electron chi connectivity index (χ0n) is 17.9. The Morgan fingerprint density at radius 2 is 1.65 bits per heavy atom. The molecule has 0 radical (unpaired) electrons. The number of alkyl halides is 3. The number of carboxylic acid groups (broad SMARTS) is 1. The molecule has 1 amide bonds. The van der Waals surface area contributed by atoms with E-state index >= 15 is 0 Å². The number of rotatable bonds is 7. The van der Waals surface area contributed by atoms with Gasteiger partial charge < -0.3 is 15.2 Å². The van der Waals surface area contributed by atoms with Crippen LogP contribution in [0, 0.1) is 0 Å². The summed E-state index contributed by atoms with van der Waals surface area (Å²) in [5.74, 6) is -1.57. The van der Waals surface area contributed by atoms with Gasteiger partial charge in [-0.15, -0.1) is 0 Å². The van der Waals surface area contributed by atoms with E-state index in [2.05, 4.69) is 10.3 Å². The summed E-state index contributed by atoms with van der Waals surface area (Å²) in [4.78, 5) is 27.7. The number of carbonyl (C=O) groups excluding carboxylic acids is 1. The second-order valence-corrected chi connectivity index (χ2v) is 7.93. The van der Waals surface area contributed by atoms with Crippen molar-refractivity contribution in [3.8, 4) is 11.1 Å². The fourth-order valence-corrected chi connectivity index (χ4v) is 4.24. The first-order valence-electron chi connectivity index (χ1n) is 10.6. The number of nitrogens with one attached hydrogen (secondary N) is 1. The second kappa shape index (κ2) is 9.54. The zero-order chi connectivity index (χ0) is 24.3. The molecule has 2 N–H and O–H groups in total. The minimum Gasteiger partial charge on any atom is -0.480 e. The molecule has 3 aromatic rings. The highest BCUT2D eigenvalue weighted by atomic mass is 19.4. The Morgan fingerprint density at radius 1 is 1.03 bits per heavy atom. The molecular formula is C25H21F3N2O4. The average Bonchev–Trinajstić information content (AvgIpc) is 3.13. The first-order valence-corrected chi connectivity index (χ1v) is 10.6. The van der Waals surface area contributed by atoms with Crippen molar-refractivity contribution in [3.05, 3.63) is 89.2 Å². The zero-order valence-corrected chi connectivity index (χ0v) is 17.9. The quantitative estimate of drug-likeness (QED) is 0.506. The van der Waals surface area contributed by atoms with Crippen LogP contribution in [-0.4, -0.2) is 34.8 Å². The Labute approximate surface area is 193 Å². The fourth-order valence-electron chi connectivity index (χ4n) is 4.24. The number of pyridine rings is 1. The summed E-state index contributed by atoms with van der Waals surface area (Å²) in [6, 6.07) is 14.9. The third-order valence-corrected chi connectivity index (χ3v) is 5.85. The van der Waals surface area contributed by atoms with E-state index in [0.717, 1.165) is 40.7 Å². The van der Waals surface area contributed by atoms with Gasteiger partial charge in [0.2, 0.25) is 0 Å². The Hall–Kier alpha value is -3.88. The SMILES string of the molecule is O=C(NC(CCc1cnccc1C(F)(F)F)C(=O)O)OCC1c2ccccc2-c2ccccc21. The Kier molecular flexibility index (Phi) is 6.54. The van der Waals surface area contributed by atoms with Crippen molar-refractivity contribution in [1.82, 2.24) is 10.3 Å². The van der Waals surface area contributed by atoms with Crippen LogP contribution in [0.4, 0.5) is 18.0 Å². The van der Waals surface area contributed by atoms with Gasteiger partial charge in [0, 0.05) is 18.3 Å². The van der Waals surface area contributed by atoms with Crippen molar-refractivity contribution < 1.29 is 32.6 Å². The monoisotopic (exact) mass is 470 g/mol. The van der Waals surface area contributed by atoms with Crippen molar-refractivity contribution in [2.24, 2.45) is 0 Å². The van der Waals surface area contributed by atoms with Gasteiger partial charge in [-0.25, -0.2) is 9.59 Å². The summed E-state index contributed by atoms with van der Waals surface area (Å²) in [5.41, 5.74) is 3.08. The third kappa shape index (κ3) is 4.88. The van der Waals surface area contributed by atoms with Gasteiger partial charge in [0.05, 0.1) is 5.56 Å². The first-order chi connectivity index (χ1) is 16.3. The van der Waals surface area contributed by atoms with Crippen LogP contribution in [0.5, 0.6) is 0 Å². The van der Waals surface area contributed by atoms with Gasteiger partial charge in [0.1, 0.15) is 12.6 Å². The minimum atomic E-state index is -4.59. The maximum Gasteiger partial charge on any atom is 0.416 e. The van der Waals surface area contributed by atoms with Gasteiger partial charge in [0.25, 0.3) is 0 Å². The summed E-state index contributed by atoms with van der Waals surface area (Å²) in [5, 5.41) is 11.7. The summed E-state index contributed by atoms with van der Waals surface area (Å²) < 4.78 is 44.8. The molecule has 1 aliphatic rings. The van der Waals surface area contributed by atoms with Crippen LogP contribution in [0.3, 0.4) is 0 Å². The van der Waals surface area contributed by atoms with E-state index in [-0.39, 0.29) is 30.9 Å². The number of aryl methyl sites for hydroxylation is 1. The van der Waals surface area contributed by atoms with Crippen molar-refractivity contribution in [2.75, 3.05) is 6.61 Å². The van der Waals surface area contributed by atoms with Crippen LogP contribution in [0.2, 0.25) is 0 Å². The lowest BCUT2D eigenvalue weighted by Gasteiger charge is -2.18. The summed E-state index contributed by atoms with van der Waals surface area (Å²) in [6.45, 7) is -0.00692. The number of alkyl carbamates (subject to hydrolysis) is 1. The number of carboxylic acids is 1. The van der Waals surface area contributed by atoms with Gasteiger partial charge in [-0.1, -0.05) is 48.5 Å². The number of aliphatic carboxylic acids is 1. The molecule has 1 aliphatic carbocycles. The fraction of sp³-hybridized carbons (Fsp3) is 0.240. The van der Waals surface area contributed by atoms with Crippen LogP contribution >= 0.6 is 0 Å². The molecule has 6 nitrogen and oxygen atoms in total. The smallest absolute Gasteiger partial charge is 0.416 e. The number of ether oxygens (including phenoxy) is 1. The topological polar surface area (TPSA) is 88.5 Å². The molecule has 2 aromatic carbocycles. The van der Waals surface area contributed by atoms with Crippen LogP contribution in [0.15, 0.2) is 67.0 Å². The molecule has 0 fully saturated rings. The maximum atomic E-state index is 13.2. The van der Waals surface area contributed by atoms with Crippen molar-refractivity contribution in [3.63, 3.8) is 0 Å². The predicted octanol–water partition coefficient (Wildman–Crippen LogP) is 5.02. The molecule has 1 aromatic heterocycles. The number of carbonyl (C=O) groups is 2. The van der Waals surface area contributed by atoms with E-state index in [1.807, 2.05) is 48.5 Å². The summed E-state index contributed by atoms with van der Waals surface area (Å²) in [7, 11) is 0. The standard InChI is InChI=1S/C25H21F3N2O4/c26-25(27,28)21-11-12-29-13-15(21)9-10-22(23(31)32)30-24(33)34-14-20-18-7-3-1-5-16(18)17-6-2-4-8-19(17)20/h1-8,11-13,20,22H,9-10,14H2,(H,30,33)(H,31,32). The molecule has 1 atom stereocenters. The van der Waals surface area contributed by atoms with Crippen molar-refractivity contribution in [1.29, 1.82) is 0 Å². The van der Waals surface area contributed by atoms with Gasteiger partial charge in [0.15, 0.2) is 0 Å². The number of halogens is 3.